The van der Waals surface area contributed by atoms with E-state index in [0.717, 1.165) is 13.1 Å². The molecular formula is C16H21Cl2NO2. The van der Waals surface area contributed by atoms with Crippen molar-refractivity contribution in [3.63, 3.8) is 0 Å². The number of rotatable bonds is 3. The van der Waals surface area contributed by atoms with E-state index in [1.165, 1.54) is 6.42 Å². The molecule has 116 valence electrons. The van der Waals surface area contributed by atoms with Gasteiger partial charge < -0.3 is 9.64 Å². The quantitative estimate of drug-likeness (QED) is 0.828. The molecule has 21 heavy (non-hydrogen) atoms. The van der Waals surface area contributed by atoms with Gasteiger partial charge in [-0.1, -0.05) is 37.0 Å². The van der Waals surface area contributed by atoms with E-state index < -0.39 is 6.10 Å². The minimum Gasteiger partial charge on any atom is -0.479 e. The Labute approximate surface area is 136 Å². The highest BCUT2D eigenvalue weighted by Gasteiger charge is 2.29. The zero-order valence-electron chi connectivity index (χ0n) is 12.6. The fourth-order valence-electron chi connectivity index (χ4n) is 2.91. The number of ether oxygens (including phenoxy) is 1. The number of carbonyl (C=O) groups excluding carboxylic acids is 1. The van der Waals surface area contributed by atoms with Crippen molar-refractivity contribution in [3.8, 4) is 5.75 Å². The number of halogens is 2. The Kier molecular flexibility index (Phi) is 5.39. The van der Waals surface area contributed by atoms with Crippen molar-refractivity contribution in [1.82, 2.24) is 4.90 Å². The van der Waals surface area contributed by atoms with Gasteiger partial charge in [0.2, 0.25) is 0 Å². The van der Waals surface area contributed by atoms with E-state index in [0.29, 0.717) is 27.6 Å². The van der Waals surface area contributed by atoms with E-state index in [1.54, 1.807) is 25.1 Å². The van der Waals surface area contributed by atoms with Crippen LogP contribution < -0.4 is 4.74 Å². The van der Waals surface area contributed by atoms with Gasteiger partial charge in [0.1, 0.15) is 5.75 Å². The number of nitrogens with zero attached hydrogens (tertiary/aromatic N) is 1. The predicted octanol–water partition coefficient (Wildman–Crippen LogP) is 4.27. The zero-order valence-corrected chi connectivity index (χ0v) is 14.1. The van der Waals surface area contributed by atoms with Crippen LogP contribution in [0.1, 0.15) is 27.2 Å². The highest BCUT2D eigenvalue weighted by Crippen LogP contribution is 2.29. The first-order chi connectivity index (χ1) is 9.86. The average molecular weight is 330 g/mol. The molecule has 1 saturated heterocycles. The van der Waals surface area contributed by atoms with Crippen molar-refractivity contribution in [2.24, 2.45) is 11.8 Å². The third kappa shape index (κ3) is 4.27. The number of hydrogen-bond acceptors (Lipinski definition) is 2. The number of benzene rings is 1. The largest absolute Gasteiger partial charge is 0.479 e. The summed E-state index contributed by atoms with van der Waals surface area (Å²) in [4.78, 5) is 14.4. The minimum atomic E-state index is -0.554. The topological polar surface area (TPSA) is 29.5 Å². The van der Waals surface area contributed by atoms with Crippen molar-refractivity contribution >= 4 is 29.1 Å². The van der Waals surface area contributed by atoms with Crippen molar-refractivity contribution < 1.29 is 9.53 Å². The summed E-state index contributed by atoms with van der Waals surface area (Å²) in [5.41, 5.74) is 0. The number of carbonyl (C=O) groups is 1. The van der Waals surface area contributed by atoms with E-state index in [1.807, 2.05) is 4.90 Å². The average Bonchev–Trinajstić information content (AvgIpc) is 2.40. The van der Waals surface area contributed by atoms with Gasteiger partial charge in [-0.15, -0.1) is 0 Å². The maximum absolute atomic E-state index is 12.5. The molecular weight excluding hydrogens is 309 g/mol. The first-order valence-corrected chi connectivity index (χ1v) is 8.03. The third-order valence-electron chi connectivity index (χ3n) is 3.73. The van der Waals surface area contributed by atoms with Crippen LogP contribution in [-0.2, 0) is 4.79 Å². The molecule has 0 unspecified atom stereocenters. The highest BCUT2D eigenvalue weighted by atomic mass is 35.5. The molecule has 1 aliphatic rings. The molecule has 0 bridgehead atoms. The molecule has 3 atom stereocenters. The Morgan fingerprint density at radius 1 is 1.29 bits per heavy atom. The molecule has 0 N–H and O–H groups in total. The van der Waals surface area contributed by atoms with Gasteiger partial charge in [0.05, 0.1) is 5.02 Å². The van der Waals surface area contributed by atoms with Crippen LogP contribution in [0, 0.1) is 11.8 Å². The van der Waals surface area contributed by atoms with Gasteiger partial charge >= 0.3 is 0 Å². The molecule has 0 radical (unpaired) electrons. The molecule has 2 rings (SSSR count). The Balaban J connectivity index is 2.02. The Bertz CT molecular complexity index is 511. The molecule has 1 fully saturated rings. The number of likely N-dealkylation sites (tertiary alicyclic amines) is 1. The smallest absolute Gasteiger partial charge is 0.263 e. The first kappa shape index (κ1) is 16.4. The van der Waals surface area contributed by atoms with Crippen LogP contribution >= 0.6 is 23.2 Å². The Hall–Kier alpha value is -0.930. The van der Waals surface area contributed by atoms with Crippen molar-refractivity contribution in [3.05, 3.63) is 28.2 Å². The van der Waals surface area contributed by atoms with Gasteiger partial charge in [0.25, 0.3) is 5.91 Å². The van der Waals surface area contributed by atoms with Crippen molar-refractivity contribution in [1.29, 1.82) is 0 Å². The lowest BCUT2D eigenvalue weighted by atomic mass is 9.91. The lowest BCUT2D eigenvalue weighted by molar-refractivity contribution is -0.140. The maximum atomic E-state index is 12.5. The number of piperidine rings is 1. The summed E-state index contributed by atoms with van der Waals surface area (Å²) < 4.78 is 5.70. The normalized spacial score (nSPS) is 23.8. The fourth-order valence-corrected chi connectivity index (χ4v) is 3.36. The van der Waals surface area contributed by atoms with Crippen LogP contribution in [0.25, 0.3) is 0 Å². The summed E-state index contributed by atoms with van der Waals surface area (Å²) in [5, 5.41) is 0.965. The Morgan fingerprint density at radius 3 is 2.48 bits per heavy atom. The van der Waals surface area contributed by atoms with Gasteiger partial charge in [-0.25, -0.2) is 0 Å². The van der Waals surface area contributed by atoms with E-state index in [2.05, 4.69) is 13.8 Å². The molecule has 3 nitrogen and oxygen atoms in total. The molecule has 1 aromatic carbocycles. The third-order valence-corrected chi connectivity index (χ3v) is 4.26. The van der Waals surface area contributed by atoms with Crippen LogP contribution in [0.5, 0.6) is 5.75 Å². The van der Waals surface area contributed by atoms with Crippen LogP contribution in [0.2, 0.25) is 10.0 Å². The fraction of sp³-hybridized carbons (Fsp3) is 0.562. The standard InChI is InChI=1S/C16H21Cl2NO2/c1-10-6-11(2)9-19(8-10)16(20)12(3)21-15-5-4-13(17)7-14(15)18/h4-5,7,10-12H,6,8-9H2,1-3H3/t10-,11+,12-/m0/s1. The molecule has 0 spiro atoms. The number of hydrogen-bond donors (Lipinski definition) is 0. The molecule has 0 aromatic heterocycles. The first-order valence-electron chi connectivity index (χ1n) is 7.27. The van der Waals surface area contributed by atoms with Crippen LogP contribution in [0.3, 0.4) is 0 Å². The van der Waals surface area contributed by atoms with E-state index >= 15 is 0 Å². The number of amides is 1. The SMILES string of the molecule is C[C@@H]1C[C@H](C)CN(C(=O)[C@H](C)Oc2ccc(Cl)cc2Cl)C1. The van der Waals surface area contributed by atoms with E-state index in [9.17, 15) is 4.79 Å². The lowest BCUT2D eigenvalue weighted by Gasteiger charge is -2.36. The van der Waals surface area contributed by atoms with E-state index in [4.69, 9.17) is 27.9 Å². The molecule has 1 heterocycles. The van der Waals surface area contributed by atoms with Crippen LogP contribution in [0.15, 0.2) is 18.2 Å². The summed E-state index contributed by atoms with van der Waals surface area (Å²) in [5.74, 6) is 1.56. The second-order valence-corrected chi connectivity index (χ2v) is 6.87. The van der Waals surface area contributed by atoms with Crippen molar-refractivity contribution in [2.45, 2.75) is 33.3 Å². The molecule has 1 amide bonds. The molecule has 1 aromatic rings. The summed E-state index contributed by atoms with van der Waals surface area (Å²) in [6.07, 6.45) is 0.614. The zero-order chi connectivity index (χ0) is 15.6. The second kappa shape index (κ2) is 6.89. The van der Waals surface area contributed by atoms with E-state index in [-0.39, 0.29) is 5.91 Å². The molecule has 0 saturated carbocycles. The predicted molar refractivity (Wildman–Crippen MR) is 86.1 cm³/mol. The summed E-state index contributed by atoms with van der Waals surface area (Å²) >= 11 is 11.9. The summed E-state index contributed by atoms with van der Waals surface area (Å²) in [6.45, 7) is 7.71. The van der Waals surface area contributed by atoms with Crippen LogP contribution in [-0.4, -0.2) is 30.0 Å². The lowest BCUT2D eigenvalue weighted by Crippen LogP contribution is -2.47. The van der Waals surface area contributed by atoms with Gasteiger partial charge in [0, 0.05) is 18.1 Å². The van der Waals surface area contributed by atoms with Crippen molar-refractivity contribution in [2.75, 3.05) is 13.1 Å². The molecule has 5 heteroatoms. The van der Waals surface area contributed by atoms with Gasteiger partial charge in [-0.3, -0.25) is 4.79 Å². The van der Waals surface area contributed by atoms with Gasteiger partial charge in [0.15, 0.2) is 6.10 Å². The monoisotopic (exact) mass is 329 g/mol. The second-order valence-electron chi connectivity index (χ2n) is 6.02. The maximum Gasteiger partial charge on any atom is 0.263 e. The summed E-state index contributed by atoms with van der Waals surface area (Å²) in [7, 11) is 0. The molecule has 0 aliphatic carbocycles. The van der Waals surface area contributed by atoms with Crippen LogP contribution in [0.4, 0.5) is 0 Å². The molecule has 1 aliphatic heterocycles. The van der Waals surface area contributed by atoms with Gasteiger partial charge in [-0.2, -0.15) is 0 Å². The Morgan fingerprint density at radius 2 is 1.90 bits per heavy atom. The highest BCUT2D eigenvalue weighted by molar-refractivity contribution is 6.35. The summed E-state index contributed by atoms with van der Waals surface area (Å²) in [6, 6.07) is 5.00. The minimum absolute atomic E-state index is 0.0133. The van der Waals surface area contributed by atoms with Gasteiger partial charge in [-0.05, 0) is 43.4 Å².